The van der Waals surface area contributed by atoms with Crippen LogP contribution in [0.15, 0.2) is 36.4 Å². The van der Waals surface area contributed by atoms with Crippen LogP contribution in [0.1, 0.15) is 39.2 Å². The van der Waals surface area contributed by atoms with Crippen molar-refractivity contribution in [3.63, 3.8) is 0 Å². The minimum atomic E-state index is -0.530. The van der Waals surface area contributed by atoms with Crippen molar-refractivity contribution < 1.29 is 19.1 Å². The molecule has 6 nitrogen and oxygen atoms in total. The largest absolute Gasteiger partial charge is 0.444 e. The van der Waals surface area contributed by atoms with Crippen molar-refractivity contribution in [2.24, 2.45) is 0 Å². The number of amides is 3. The zero-order valence-corrected chi connectivity index (χ0v) is 14.9. The van der Waals surface area contributed by atoms with Crippen molar-refractivity contribution in [1.29, 1.82) is 0 Å². The molecule has 0 saturated carbocycles. The third kappa shape index (κ3) is 6.06. The smallest absolute Gasteiger partial charge is 0.412 e. The first-order valence-corrected chi connectivity index (χ1v) is 8.37. The molecule has 0 bridgehead atoms. The molecule has 0 saturated heterocycles. The van der Waals surface area contributed by atoms with Crippen LogP contribution in [-0.2, 0) is 20.7 Å². The van der Waals surface area contributed by atoms with Gasteiger partial charge in [-0.15, -0.1) is 0 Å². The number of carbonyl (C=O) groups excluding carboxylic acids is 3. The molecule has 134 valence electrons. The van der Waals surface area contributed by atoms with E-state index in [0.717, 1.165) is 24.8 Å². The average Bonchev–Trinajstić information content (AvgIpc) is 2.82. The molecule has 0 aromatic heterocycles. The number of benzene rings is 1. The second-order valence-corrected chi connectivity index (χ2v) is 6.94. The number of carbonyl (C=O) groups is 3. The van der Waals surface area contributed by atoms with Crippen LogP contribution in [-0.4, -0.2) is 35.0 Å². The van der Waals surface area contributed by atoms with Crippen LogP contribution in [0, 0.1) is 0 Å². The monoisotopic (exact) mass is 344 g/mol. The third-order valence-corrected chi connectivity index (χ3v) is 3.60. The van der Waals surface area contributed by atoms with E-state index in [9.17, 15) is 14.4 Å². The Morgan fingerprint density at radius 3 is 2.20 bits per heavy atom. The number of hydrogen-bond donors (Lipinski definition) is 1. The summed E-state index contributed by atoms with van der Waals surface area (Å²) in [5, 5.41) is 2.69. The standard InChI is InChI=1S/C19H24N2O4/c1-19(2,3)25-18(24)20-15-9-7-14(8-10-15)6-4-5-13-21-16(22)11-12-17(21)23/h7-12H,4-6,13H2,1-3H3,(H,20,24). The summed E-state index contributed by atoms with van der Waals surface area (Å²) in [6.07, 6.45) is 4.61. The highest BCUT2D eigenvalue weighted by molar-refractivity contribution is 6.12. The summed E-state index contributed by atoms with van der Waals surface area (Å²) in [5.74, 6) is -0.467. The molecule has 1 N–H and O–H groups in total. The third-order valence-electron chi connectivity index (χ3n) is 3.60. The molecule has 6 heteroatoms. The maximum absolute atomic E-state index is 11.7. The van der Waals surface area contributed by atoms with Crippen molar-refractivity contribution in [2.75, 3.05) is 11.9 Å². The van der Waals surface area contributed by atoms with E-state index in [1.807, 2.05) is 45.0 Å². The summed E-state index contributed by atoms with van der Waals surface area (Å²) in [6.45, 7) is 5.89. The molecule has 0 radical (unpaired) electrons. The molecule has 0 fully saturated rings. The lowest BCUT2D eigenvalue weighted by molar-refractivity contribution is -0.136. The highest BCUT2D eigenvalue weighted by Gasteiger charge is 2.22. The zero-order valence-electron chi connectivity index (χ0n) is 14.9. The number of ether oxygens (including phenoxy) is 1. The van der Waals surface area contributed by atoms with Gasteiger partial charge in [0, 0.05) is 24.4 Å². The van der Waals surface area contributed by atoms with Crippen molar-refractivity contribution in [2.45, 2.75) is 45.6 Å². The predicted octanol–water partition coefficient (Wildman–Crippen LogP) is 3.28. The van der Waals surface area contributed by atoms with Crippen molar-refractivity contribution in [3.05, 3.63) is 42.0 Å². The maximum atomic E-state index is 11.7. The van der Waals surface area contributed by atoms with Gasteiger partial charge in [-0.1, -0.05) is 12.1 Å². The fourth-order valence-corrected chi connectivity index (χ4v) is 2.43. The van der Waals surface area contributed by atoms with Crippen LogP contribution >= 0.6 is 0 Å². The number of anilines is 1. The number of rotatable bonds is 6. The quantitative estimate of drug-likeness (QED) is 0.635. The average molecular weight is 344 g/mol. The van der Waals surface area contributed by atoms with Gasteiger partial charge in [0.05, 0.1) is 0 Å². The molecule has 3 amide bonds. The van der Waals surface area contributed by atoms with E-state index in [2.05, 4.69) is 5.32 Å². The first-order valence-electron chi connectivity index (χ1n) is 8.37. The first kappa shape index (κ1) is 18.7. The summed E-state index contributed by atoms with van der Waals surface area (Å²) in [7, 11) is 0. The number of nitrogens with one attached hydrogen (secondary N) is 1. The zero-order chi connectivity index (χ0) is 18.4. The highest BCUT2D eigenvalue weighted by atomic mass is 16.6. The van der Waals surface area contributed by atoms with E-state index in [1.165, 1.54) is 17.1 Å². The Morgan fingerprint density at radius 1 is 1.04 bits per heavy atom. The number of unbranched alkanes of at least 4 members (excludes halogenated alkanes) is 1. The van der Waals surface area contributed by atoms with Gasteiger partial charge in [-0.3, -0.25) is 19.8 Å². The molecule has 0 aliphatic carbocycles. The summed E-state index contributed by atoms with van der Waals surface area (Å²) < 4.78 is 5.20. The summed E-state index contributed by atoms with van der Waals surface area (Å²) in [6, 6.07) is 7.55. The topological polar surface area (TPSA) is 75.7 Å². The second-order valence-electron chi connectivity index (χ2n) is 6.94. The van der Waals surface area contributed by atoms with Crippen molar-refractivity contribution in [1.82, 2.24) is 4.90 Å². The van der Waals surface area contributed by atoms with Crippen LogP contribution in [0.4, 0.5) is 10.5 Å². The van der Waals surface area contributed by atoms with Crippen LogP contribution in [0.25, 0.3) is 0 Å². The SMILES string of the molecule is CC(C)(C)OC(=O)Nc1ccc(CCCCN2C(=O)C=CC2=O)cc1. The Hall–Kier alpha value is -2.63. The Bertz CT molecular complexity index is 654. The van der Waals surface area contributed by atoms with Crippen molar-refractivity contribution >= 4 is 23.6 Å². The normalized spacial score (nSPS) is 14.1. The maximum Gasteiger partial charge on any atom is 0.412 e. The summed E-state index contributed by atoms with van der Waals surface area (Å²) in [5.41, 5.74) is 1.28. The molecule has 1 aromatic carbocycles. The summed E-state index contributed by atoms with van der Waals surface area (Å²) in [4.78, 5) is 35.8. The van der Waals surface area contributed by atoms with E-state index in [-0.39, 0.29) is 11.8 Å². The lowest BCUT2D eigenvalue weighted by Crippen LogP contribution is -2.30. The predicted molar refractivity (Wildman–Crippen MR) is 95.1 cm³/mol. The number of imide groups is 1. The van der Waals surface area contributed by atoms with Crippen LogP contribution in [0.5, 0.6) is 0 Å². The number of hydrogen-bond acceptors (Lipinski definition) is 4. The molecule has 1 aromatic rings. The van der Waals surface area contributed by atoms with E-state index >= 15 is 0 Å². The molecule has 0 spiro atoms. The minimum Gasteiger partial charge on any atom is -0.444 e. The Morgan fingerprint density at radius 2 is 1.64 bits per heavy atom. The summed E-state index contributed by atoms with van der Waals surface area (Å²) >= 11 is 0. The van der Waals surface area contributed by atoms with Crippen molar-refractivity contribution in [3.8, 4) is 0 Å². The van der Waals surface area contributed by atoms with Gasteiger partial charge in [-0.2, -0.15) is 0 Å². The second kappa shape index (κ2) is 7.96. The Balaban J connectivity index is 1.72. The van der Waals surface area contributed by atoms with Gasteiger partial charge in [-0.25, -0.2) is 4.79 Å². The van der Waals surface area contributed by atoms with E-state index in [0.29, 0.717) is 12.2 Å². The van der Waals surface area contributed by atoms with Gasteiger partial charge in [0.25, 0.3) is 11.8 Å². The number of nitrogens with zero attached hydrogens (tertiary/aromatic N) is 1. The van der Waals surface area contributed by atoms with Gasteiger partial charge in [0.1, 0.15) is 5.60 Å². The molecular weight excluding hydrogens is 320 g/mol. The van der Waals surface area contributed by atoms with Gasteiger partial charge < -0.3 is 4.74 Å². The van der Waals surface area contributed by atoms with E-state index in [4.69, 9.17) is 4.74 Å². The fraction of sp³-hybridized carbons (Fsp3) is 0.421. The molecule has 1 heterocycles. The molecule has 0 unspecified atom stereocenters. The molecule has 0 atom stereocenters. The molecule has 2 rings (SSSR count). The van der Waals surface area contributed by atoms with E-state index in [1.54, 1.807) is 0 Å². The van der Waals surface area contributed by atoms with Crippen LogP contribution in [0.2, 0.25) is 0 Å². The first-order chi connectivity index (χ1) is 11.7. The molecule has 25 heavy (non-hydrogen) atoms. The minimum absolute atomic E-state index is 0.234. The Kier molecular flexibility index (Phi) is 5.96. The van der Waals surface area contributed by atoms with Gasteiger partial charge >= 0.3 is 6.09 Å². The molecular formula is C19H24N2O4. The Labute approximate surface area is 147 Å². The van der Waals surface area contributed by atoms with Gasteiger partial charge in [0.2, 0.25) is 0 Å². The molecule has 1 aliphatic heterocycles. The fourth-order valence-electron chi connectivity index (χ4n) is 2.43. The van der Waals surface area contributed by atoms with Crippen LogP contribution < -0.4 is 5.32 Å². The highest BCUT2D eigenvalue weighted by Crippen LogP contribution is 2.15. The lowest BCUT2D eigenvalue weighted by atomic mass is 10.1. The van der Waals surface area contributed by atoms with Gasteiger partial charge in [-0.05, 0) is 57.7 Å². The molecule has 1 aliphatic rings. The number of aryl methyl sites for hydroxylation is 1. The van der Waals surface area contributed by atoms with Crippen LogP contribution in [0.3, 0.4) is 0 Å². The van der Waals surface area contributed by atoms with Gasteiger partial charge in [0.15, 0.2) is 0 Å². The lowest BCUT2D eigenvalue weighted by Gasteiger charge is -2.19. The van der Waals surface area contributed by atoms with E-state index < -0.39 is 11.7 Å².